The van der Waals surface area contributed by atoms with Crippen LogP contribution >= 0.6 is 0 Å². The number of hydrogen-bond acceptors (Lipinski definition) is 3. The molecule has 1 amide bonds. The summed E-state index contributed by atoms with van der Waals surface area (Å²) in [6, 6.07) is 0. The highest BCUT2D eigenvalue weighted by atomic mass is 19.4. The summed E-state index contributed by atoms with van der Waals surface area (Å²) in [4.78, 5) is 36.2. The number of halogens is 3. The zero-order valence-corrected chi connectivity index (χ0v) is 11.7. The van der Waals surface area contributed by atoms with Gasteiger partial charge in [-0.2, -0.15) is 13.2 Å². The van der Waals surface area contributed by atoms with Gasteiger partial charge in [0.1, 0.15) is 11.1 Å². The van der Waals surface area contributed by atoms with Crippen molar-refractivity contribution >= 4 is 5.91 Å². The first-order valence-corrected chi connectivity index (χ1v) is 6.14. The van der Waals surface area contributed by atoms with E-state index < -0.39 is 34.4 Å². The summed E-state index contributed by atoms with van der Waals surface area (Å²) in [6.07, 6.45) is -3.96. The summed E-state index contributed by atoms with van der Waals surface area (Å²) in [6.45, 7) is 0. The minimum atomic E-state index is -4.55. The predicted molar refractivity (Wildman–Crippen MR) is 67.0 cm³/mol. The van der Waals surface area contributed by atoms with Gasteiger partial charge in [0.05, 0.1) is 0 Å². The van der Waals surface area contributed by atoms with Crippen molar-refractivity contribution in [3.05, 3.63) is 32.6 Å². The molecule has 6 nitrogen and oxygen atoms in total. The standard InChI is InChI=1S/C12H14F3N3O3/c1-16-6-7(8(19)17(2)10(16)21)9(20)18(3)11(4-5-11)12(13,14)15/h6H,4-5H2,1-3H3. The lowest BCUT2D eigenvalue weighted by molar-refractivity contribution is -0.185. The monoisotopic (exact) mass is 305 g/mol. The van der Waals surface area contributed by atoms with E-state index in [4.69, 9.17) is 0 Å². The number of carbonyl (C=O) groups is 1. The van der Waals surface area contributed by atoms with Crippen molar-refractivity contribution in [2.75, 3.05) is 7.05 Å². The lowest BCUT2D eigenvalue weighted by atomic mass is 10.2. The second kappa shape index (κ2) is 4.47. The molecule has 116 valence electrons. The van der Waals surface area contributed by atoms with Gasteiger partial charge in [-0.3, -0.25) is 14.2 Å². The zero-order valence-electron chi connectivity index (χ0n) is 11.7. The maximum atomic E-state index is 13.0. The average Bonchev–Trinajstić information content (AvgIpc) is 3.20. The van der Waals surface area contributed by atoms with E-state index in [9.17, 15) is 27.6 Å². The third-order valence-electron chi connectivity index (χ3n) is 3.87. The molecule has 0 atom stereocenters. The van der Waals surface area contributed by atoms with Crippen molar-refractivity contribution in [3.63, 3.8) is 0 Å². The fourth-order valence-corrected chi connectivity index (χ4v) is 2.26. The maximum Gasteiger partial charge on any atom is 0.411 e. The van der Waals surface area contributed by atoms with Gasteiger partial charge < -0.3 is 9.47 Å². The van der Waals surface area contributed by atoms with Crippen LogP contribution in [0.1, 0.15) is 23.2 Å². The first kappa shape index (κ1) is 15.3. The molecule has 0 aliphatic heterocycles. The molecule has 0 N–H and O–H groups in total. The van der Waals surface area contributed by atoms with E-state index in [1.165, 1.54) is 7.05 Å². The molecule has 1 saturated carbocycles. The van der Waals surface area contributed by atoms with Gasteiger partial charge in [-0.1, -0.05) is 0 Å². The Morgan fingerprint density at radius 2 is 1.81 bits per heavy atom. The van der Waals surface area contributed by atoms with Crippen LogP contribution in [0, 0.1) is 0 Å². The SMILES string of the molecule is CN(C(=O)c1cn(C)c(=O)n(C)c1=O)C1(C(F)(F)F)CC1. The van der Waals surface area contributed by atoms with Crippen molar-refractivity contribution in [2.24, 2.45) is 14.1 Å². The first-order valence-electron chi connectivity index (χ1n) is 6.14. The highest BCUT2D eigenvalue weighted by molar-refractivity contribution is 5.94. The van der Waals surface area contributed by atoms with Gasteiger partial charge in [-0.15, -0.1) is 0 Å². The summed E-state index contributed by atoms with van der Waals surface area (Å²) in [5, 5.41) is 0. The summed E-state index contributed by atoms with van der Waals surface area (Å²) >= 11 is 0. The van der Waals surface area contributed by atoms with Crippen molar-refractivity contribution in [3.8, 4) is 0 Å². The number of carbonyl (C=O) groups excluding carboxylic acids is 1. The van der Waals surface area contributed by atoms with E-state index in [1.807, 2.05) is 0 Å². The molecule has 0 aromatic carbocycles. The van der Waals surface area contributed by atoms with E-state index in [1.54, 1.807) is 0 Å². The average molecular weight is 305 g/mol. The number of aromatic nitrogens is 2. The summed E-state index contributed by atoms with van der Waals surface area (Å²) in [5.41, 5.74) is -4.23. The Hall–Kier alpha value is -2.06. The zero-order chi connectivity index (χ0) is 16.2. The third kappa shape index (κ3) is 2.16. The number of nitrogens with zero attached hydrogens (tertiary/aromatic N) is 3. The van der Waals surface area contributed by atoms with Gasteiger partial charge >= 0.3 is 11.9 Å². The largest absolute Gasteiger partial charge is 0.411 e. The Labute approximate surface area is 117 Å². The molecule has 0 radical (unpaired) electrons. The minimum Gasteiger partial charge on any atom is -0.327 e. The van der Waals surface area contributed by atoms with Crippen LogP contribution in [0.5, 0.6) is 0 Å². The molecule has 1 heterocycles. The maximum absolute atomic E-state index is 13.0. The van der Waals surface area contributed by atoms with E-state index in [0.717, 1.165) is 24.9 Å². The van der Waals surface area contributed by atoms with E-state index >= 15 is 0 Å². The number of aryl methyl sites for hydroxylation is 1. The minimum absolute atomic E-state index is 0.190. The van der Waals surface area contributed by atoms with Crippen LogP contribution in [-0.4, -0.2) is 38.7 Å². The van der Waals surface area contributed by atoms with Crippen LogP contribution in [0.2, 0.25) is 0 Å². The smallest absolute Gasteiger partial charge is 0.327 e. The van der Waals surface area contributed by atoms with Crippen LogP contribution in [-0.2, 0) is 14.1 Å². The van der Waals surface area contributed by atoms with Crippen molar-refractivity contribution in [1.29, 1.82) is 0 Å². The highest BCUT2D eigenvalue weighted by Gasteiger charge is 2.67. The number of rotatable bonds is 2. The van der Waals surface area contributed by atoms with E-state index in [2.05, 4.69) is 0 Å². The Balaban J connectivity index is 2.48. The third-order valence-corrected chi connectivity index (χ3v) is 3.87. The quantitative estimate of drug-likeness (QED) is 0.787. The molecular formula is C12H14F3N3O3. The molecular weight excluding hydrogens is 291 g/mol. The van der Waals surface area contributed by atoms with Gasteiger partial charge in [0, 0.05) is 27.3 Å². The fourth-order valence-electron chi connectivity index (χ4n) is 2.26. The Kier molecular flexibility index (Phi) is 3.26. The second-order valence-electron chi connectivity index (χ2n) is 5.19. The predicted octanol–water partition coefficient (Wildman–Crippen LogP) is 0.251. The molecule has 2 rings (SSSR count). The molecule has 1 fully saturated rings. The Bertz CT molecular complexity index is 713. The highest BCUT2D eigenvalue weighted by Crippen LogP contribution is 2.53. The van der Waals surface area contributed by atoms with Gasteiger partial charge in [-0.25, -0.2) is 4.79 Å². The van der Waals surface area contributed by atoms with Crippen LogP contribution in [0.25, 0.3) is 0 Å². The van der Waals surface area contributed by atoms with Gasteiger partial charge in [-0.05, 0) is 12.8 Å². The van der Waals surface area contributed by atoms with Gasteiger partial charge in [0.2, 0.25) is 0 Å². The summed E-state index contributed by atoms with van der Waals surface area (Å²) in [5.74, 6) is -1.04. The normalized spacial score (nSPS) is 16.7. The number of alkyl halides is 3. The lowest BCUT2D eigenvalue weighted by Crippen LogP contribution is -2.51. The second-order valence-corrected chi connectivity index (χ2v) is 5.19. The Morgan fingerprint density at radius 3 is 2.24 bits per heavy atom. The van der Waals surface area contributed by atoms with E-state index in [-0.39, 0.29) is 12.8 Å². The molecule has 1 aromatic rings. The summed E-state index contributed by atoms with van der Waals surface area (Å²) < 4.78 is 40.7. The molecule has 9 heteroatoms. The number of amides is 1. The first-order chi connectivity index (χ1) is 9.53. The van der Waals surface area contributed by atoms with Crippen LogP contribution in [0.15, 0.2) is 15.8 Å². The van der Waals surface area contributed by atoms with Crippen molar-refractivity contribution in [1.82, 2.24) is 14.0 Å². The van der Waals surface area contributed by atoms with Crippen molar-refractivity contribution in [2.45, 2.75) is 24.6 Å². The number of hydrogen-bond donors (Lipinski definition) is 0. The van der Waals surface area contributed by atoms with Gasteiger partial charge in [0.15, 0.2) is 0 Å². The van der Waals surface area contributed by atoms with Crippen LogP contribution < -0.4 is 11.2 Å². The van der Waals surface area contributed by atoms with Gasteiger partial charge in [0.25, 0.3) is 11.5 Å². The summed E-state index contributed by atoms with van der Waals surface area (Å²) in [7, 11) is 3.50. The molecule has 0 saturated heterocycles. The molecule has 1 aliphatic carbocycles. The van der Waals surface area contributed by atoms with E-state index in [0.29, 0.717) is 9.47 Å². The van der Waals surface area contributed by atoms with Crippen LogP contribution in [0.3, 0.4) is 0 Å². The topological polar surface area (TPSA) is 64.3 Å². The molecule has 0 bridgehead atoms. The molecule has 21 heavy (non-hydrogen) atoms. The van der Waals surface area contributed by atoms with Crippen molar-refractivity contribution < 1.29 is 18.0 Å². The molecule has 1 aromatic heterocycles. The lowest BCUT2D eigenvalue weighted by Gasteiger charge is -2.30. The molecule has 0 spiro atoms. The van der Waals surface area contributed by atoms with Crippen LogP contribution in [0.4, 0.5) is 13.2 Å². The Morgan fingerprint density at radius 1 is 1.29 bits per heavy atom. The molecule has 0 unspecified atom stereocenters. The molecule has 1 aliphatic rings. The fraction of sp³-hybridized carbons (Fsp3) is 0.583.